The molecule has 1 saturated heterocycles. The third-order valence-corrected chi connectivity index (χ3v) is 4.89. The molecular formula is C14H21NO3S. The maximum atomic E-state index is 11.8. The summed E-state index contributed by atoms with van der Waals surface area (Å²) in [4.78, 5) is 2.46. The molecule has 2 rings (SSSR count). The SMILES string of the molecule is CC(O)C1CCCN(c2ccccc2S(C)(=O)=O)C1. The van der Waals surface area contributed by atoms with Crippen molar-refractivity contribution in [2.75, 3.05) is 24.2 Å². The predicted molar refractivity (Wildman–Crippen MR) is 76.2 cm³/mol. The first-order chi connectivity index (χ1) is 8.89. The van der Waals surface area contributed by atoms with E-state index in [-0.39, 0.29) is 12.0 Å². The van der Waals surface area contributed by atoms with Gasteiger partial charge in [0, 0.05) is 25.3 Å². The average Bonchev–Trinajstić information content (AvgIpc) is 2.38. The second-order valence-corrected chi connectivity index (χ2v) is 7.31. The van der Waals surface area contributed by atoms with E-state index in [4.69, 9.17) is 0 Å². The number of hydrogen-bond acceptors (Lipinski definition) is 4. The Hall–Kier alpha value is -1.07. The quantitative estimate of drug-likeness (QED) is 0.917. The Morgan fingerprint density at radius 3 is 2.68 bits per heavy atom. The number of aliphatic hydroxyl groups excluding tert-OH is 1. The van der Waals surface area contributed by atoms with Gasteiger partial charge in [0.05, 0.1) is 16.7 Å². The molecule has 106 valence electrons. The fraction of sp³-hybridized carbons (Fsp3) is 0.571. The van der Waals surface area contributed by atoms with Crippen LogP contribution in [0.5, 0.6) is 0 Å². The Labute approximate surface area is 115 Å². The fourth-order valence-electron chi connectivity index (χ4n) is 2.65. The zero-order valence-corrected chi connectivity index (χ0v) is 12.2. The van der Waals surface area contributed by atoms with Crippen LogP contribution in [-0.2, 0) is 9.84 Å². The van der Waals surface area contributed by atoms with Gasteiger partial charge in [0.25, 0.3) is 0 Å². The summed E-state index contributed by atoms with van der Waals surface area (Å²) in [5.74, 6) is 0.210. The maximum absolute atomic E-state index is 11.8. The van der Waals surface area contributed by atoms with E-state index in [1.54, 1.807) is 19.1 Å². The lowest BCUT2D eigenvalue weighted by Crippen LogP contribution is -2.40. The van der Waals surface area contributed by atoms with Crippen molar-refractivity contribution in [2.24, 2.45) is 5.92 Å². The lowest BCUT2D eigenvalue weighted by molar-refractivity contribution is 0.115. The van der Waals surface area contributed by atoms with Gasteiger partial charge in [0.2, 0.25) is 0 Å². The lowest BCUT2D eigenvalue weighted by Gasteiger charge is -2.36. The van der Waals surface area contributed by atoms with Gasteiger partial charge in [-0.3, -0.25) is 0 Å². The molecule has 1 N–H and O–H groups in total. The standard InChI is InChI=1S/C14H21NO3S/c1-11(16)12-6-5-9-15(10-12)13-7-3-4-8-14(13)19(2,17)18/h3-4,7-8,11-12,16H,5-6,9-10H2,1-2H3. The highest BCUT2D eigenvalue weighted by atomic mass is 32.2. The van der Waals surface area contributed by atoms with Crippen molar-refractivity contribution in [1.82, 2.24) is 0 Å². The third kappa shape index (κ3) is 3.28. The summed E-state index contributed by atoms with van der Waals surface area (Å²) in [7, 11) is -3.22. The Morgan fingerprint density at radius 1 is 1.37 bits per heavy atom. The molecule has 1 fully saturated rings. The van der Waals surface area contributed by atoms with E-state index in [1.807, 2.05) is 12.1 Å². The molecular weight excluding hydrogens is 262 g/mol. The van der Waals surface area contributed by atoms with Gasteiger partial charge in [-0.05, 0) is 31.9 Å². The Bertz CT molecular complexity index is 539. The van der Waals surface area contributed by atoms with Gasteiger partial charge in [-0.1, -0.05) is 12.1 Å². The van der Waals surface area contributed by atoms with Crippen molar-refractivity contribution in [1.29, 1.82) is 0 Å². The molecule has 1 aliphatic heterocycles. The first kappa shape index (κ1) is 14.3. The number of rotatable bonds is 3. The van der Waals surface area contributed by atoms with Crippen LogP contribution in [-0.4, -0.2) is 39.0 Å². The topological polar surface area (TPSA) is 57.6 Å². The maximum Gasteiger partial charge on any atom is 0.177 e. The summed E-state index contributed by atoms with van der Waals surface area (Å²) in [5.41, 5.74) is 0.760. The van der Waals surface area contributed by atoms with Crippen LogP contribution < -0.4 is 4.90 Å². The number of hydrogen-bond donors (Lipinski definition) is 1. The van der Waals surface area contributed by atoms with Gasteiger partial charge in [0.1, 0.15) is 0 Å². The lowest BCUT2D eigenvalue weighted by atomic mass is 9.93. The first-order valence-electron chi connectivity index (χ1n) is 6.61. The van der Waals surface area contributed by atoms with E-state index in [0.29, 0.717) is 11.4 Å². The van der Waals surface area contributed by atoms with E-state index in [9.17, 15) is 13.5 Å². The molecule has 19 heavy (non-hydrogen) atoms. The van der Waals surface area contributed by atoms with Crippen molar-refractivity contribution < 1.29 is 13.5 Å². The largest absolute Gasteiger partial charge is 0.393 e. The second-order valence-electron chi connectivity index (χ2n) is 5.33. The Balaban J connectivity index is 2.32. The van der Waals surface area contributed by atoms with Crippen LogP contribution in [0.2, 0.25) is 0 Å². The van der Waals surface area contributed by atoms with Crippen LogP contribution in [0.3, 0.4) is 0 Å². The van der Waals surface area contributed by atoms with Crippen molar-refractivity contribution >= 4 is 15.5 Å². The molecule has 0 saturated carbocycles. The van der Waals surface area contributed by atoms with Crippen molar-refractivity contribution in [3.8, 4) is 0 Å². The highest BCUT2D eigenvalue weighted by Gasteiger charge is 2.26. The minimum absolute atomic E-state index is 0.210. The van der Waals surface area contributed by atoms with E-state index >= 15 is 0 Å². The van der Waals surface area contributed by atoms with E-state index in [0.717, 1.165) is 25.1 Å². The molecule has 0 amide bonds. The molecule has 0 aromatic heterocycles. The van der Waals surface area contributed by atoms with Crippen LogP contribution in [0.4, 0.5) is 5.69 Å². The number of nitrogens with zero attached hydrogens (tertiary/aromatic N) is 1. The highest BCUT2D eigenvalue weighted by molar-refractivity contribution is 7.90. The summed E-state index contributed by atoms with van der Waals surface area (Å²) >= 11 is 0. The Morgan fingerprint density at radius 2 is 2.05 bits per heavy atom. The molecule has 0 bridgehead atoms. The number of piperidine rings is 1. The molecule has 2 atom stereocenters. The second kappa shape index (κ2) is 5.51. The summed E-state index contributed by atoms with van der Waals surface area (Å²) in [6.07, 6.45) is 2.86. The van der Waals surface area contributed by atoms with Crippen molar-refractivity contribution in [3.05, 3.63) is 24.3 Å². The number of aliphatic hydroxyl groups is 1. The first-order valence-corrected chi connectivity index (χ1v) is 8.51. The number of para-hydroxylation sites is 1. The average molecular weight is 283 g/mol. The minimum Gasteiger partial charge on any atom is -0.393 e. The highest BCUT2D eigenvalue weighted by Crippen LogP contribution is 2.30. The summed E-state index contributed by atoms with van der Waals surface area (Å²) in [6, 6.07) is 7.10. The minimum atomic E-state index is -3.22. The van der Waals surface area contributed by atoms with Crippen molar-refractivity contribution in [3.63, 3.8) is 0 Å². The summed E-state index contributed by atoms with van der Waals surface area (Å²) in [6.45, 7) is 3.36. The predicted octanol–water partition coefficient (Wildman–Crippen LogP) is 1.69. The normalized spacial score (nSPS) is 22.3. The molecule has 1 aromatic carbocycles. The molecule has 0 aliphatic carbocycles. The molecule has 0 spiro atoms. The molecule has 2 unspecified atom stereocenters. The van der Waals surface area contributed by atoms with Crippen LogP contribution in [0, 0.1) is 5.92 Å². The van der Waals surface area contributed by atoms with Gasteiger partial charge < -0.3 is 10.0 Å². The summed E-state index contributed by atoms with van der Waals surface area (Å²) in [5, 5.41) is 9.73. The molecule has 0 radical (unpaired) electrons. The van der Waals surface area contributed by atoms with Gasteiger partial charge in [-0.2, -0.15) is 0 Å². The fourth-order valence-corrected chi connectivity index (χ4v) is 3.56. The number of sulfone groups is 1. The Kier molecular flexibility index (Phi) is 4.16. The number of anilines is 1. The molecule has 1 aromatic rings. The zero-order chi connectivity index (χ0) is 14.0. The van der Waals surface area contributed by atoms with Gasteiger partial charge >= 0.3 is 0 Å². The van der Waals surface area contributed by atoms with Crippen LogP contribution >= 0.6 is 0 Å². The van der Waals surface area contributed by atoms with Gasteiger partial charge in [0.15, 0.2) is 9.84 Å². The van der Waals surface area contributed by atoms with Gasteiger partial charge in [-0.15, -0.1) is 0 Å². The van der Waals surface area contributed by atoms with Crippen LogP contribution in [0.1, 0.15) is 19.8 Å². The third-order valence-electron chi connectivity index (χ3n) is 3.75. The van der Waals surface area contributed by atoms with Gasteiger partial charge in [-0.25, -0.2) is 8.42 Å². The zero-order valence-electron chi connectivity index (χ0n) is 11.4. The summed E-state index contributed by atoms with van der Waals surface area (Å²) < 4.78 is 23.7. The molecule has 4 nitrogen and oxygen atoms in total. The van der Waals surface area contributed by atoms with E-state index in [1.165, 1.54) is 6.26 Å². The van der Waals surface area contributed by atoms with E-state index in [2.05, 4.69) is 4.90 Å². The number of benzene rings is 1. The molecule has 5 heteroatoms. The molecule has 1 aliphatic rings. The van der Waals surface area contributed by atoms with Crippen LogP contribution in [0.25, 0.3) is 0 Å². The van der Waals surface area contributed by atoms with E-state index < -0.39 is 9.84 Å². The monoisotopic (exact) mass is 283 g/mol. The van der Waals surface area contributed by atoms with Crippen molar-refractivity contribution in [2.45, 2.75) is 30.8 Å². The molecule has 1 heterocycles. The van der Waals surface area contributed by atoms with Crippen LogP contribution in [0.15, 0.2) is 29.2 Å². The smallest absolute Gasteiger partial charge is 0.177 e.